The summed E-state index contributed by atoms with van der Waals surface area (Å²) < 4.78 is 42.4. The Labute approximate surface area is 147 Å². The van der Waals surface area contributed by atoms with E-state index < -0.39 is 29.7 Å². The highest BCUT2D eigenvalue weighted by molar-refractivity contribution is 6.00. The molecule has 0 saturated carbocycles. The number of phenolic OH excluding ortho intramolecular Hbond substituents is 1. The Morgan fingerprint density at radius 1 is 1.08 bits per heavy atom. The summed E-state index contributed by atoms with van der Waals surface area (Å²) in [6.07, 6.45) is -4.44. The van der Waals surface area contributed by atoms with E-state index in [2.05, 4.69) is 10.1 Å². The van der Waals surface area contributed by atoms with Gasteiger partial charge >= 0.3 is 12.1 Å². The van der Waals surface area contributed by atoms with Crippen molar-refractivity contribution < 1.29 is 32.6 Å². The number of phenols is 1. The molecule has 0 radical (unpaired) electrons. The predicted molar refractivity (Wildman–Crippen MR) is 87.5 cm³/mol. The number of alkyl halides is 3. The second kappa shape index (κ2) is 7.47. The van der Waals surface area contributed by atoms with E-state index in [4.69, 9.17) is 0 Å². The summed E-state index contributed by atoms with van der Waals surface area (Å²) in [6, 6.07) is 7.53. The first kappa shape index (κ1) is 19.3. The summed E-state index contributed by atoms with van der Waals surface area (Å²) in [7, 11) is 1.17. The minimum atomic E-state index is -4.44. The van der Waals surface area contributed by atoms with Crippen LogP contribution < -0.4 is 5.32 Å². The maximum atomic E-state index is 12.6. The molecule has 5 nitrogen and oxygen atoms in total. The fraction of sp³-hybridized carbons (Fsp3) is 0.222. The normalized spacial score (nSPS) is 12.3. The molecule has 2 rings (SSSR count). The third kappa shape index (κ3) is 4.33. The van der Waals surface area contributed by atoms with Gasteiger partial charge in [0.15, 0.2) is 0 Å². The first-order valence-electron chi connectivity index (χ1n) is 7.53. The summed E-state index contributed by atoms with van der Waals surface area (Å²) in [5.74, 6) is -1.69. The van der Waals surface area contributed by atoms with E-state index in [0.29, 0.717) is 11.1 Å². The lowest BCUT2D eigenvalue weighted by Gasteiger charge is -2.13. The van der Waals surface area contributed by atoms with E-state index in [1.807, 2.05) is 0 Å². The van der Waals surface area contributed by atoms with Crippen LogP contribution in [0.1, 0.15) is 22.8 Å². The van der Waals surface area contributed by atoms with E-state index in [1.54, 1.807) is 0 Å². The number of hydrogen-bond donors (Lipinski definition) is 2. The van der Waals surface area contributed by atoms with Crippen LogP contribution in [0.25, 0.3) is 11.1 Å². The molecule has 1 amide bonds. The summed E-state index contributed by atoms with van der Waals surface area (Å²) in [4.78, 5) is 23.6. The van der Waals surface area contributed by atoms with Crippen LogP contribution in [0.5, 0.6) is 5.75 Å². The van der Waals surface area contributed by atoms with Crippen LogP contribution in [0.15, 0.2) is 42.5 Å². The van der Waals surface area contributed by atoms with Gasteiger partial charge in [0.2, 0.25) is 0 Å². The Bertz CT molecular complexity index is 816. The number of rotatable bonds is 4. The third-order valence-electron chi connectivity index (χ3n) is 3.69. The van der Waals surface area contributed by atoms with Gasteiger partial charge in [-0.1, -0.05) is 18.2 Å². The molecule has 2 aromatic rings. The summed E-state index contributed by atoms with van der Waals surface area (Å²) in [5, 5.41) is 12.3. The Hall–Kier alpha value is -3.03. The Morgan fingerprint density at radius 3 is 2.19 bits per heavy atom. The second-order valence-electron chi connectivity index (χ2n) is 5.53. The van der Waals surface area contributed by atoms with Gasteiger partial charge in [-0.15, -0.1) is 0 Å². The van der Waals surface area contributed by atoms with E-state index in [9.17, 15) is 27.9 Å². The fourth-order valence-corrected chi connectivity index (χ4v) is 2.26. The van der Waals surface area contributed by atoms with Crippen LogP contribution in [0.2, 0.25) is 0 Å². The average Bonchev–Trinajstić information content (AvgIpc) is 2.60. The Morgan fingerprint density at radius 2 is 1.65 bits per heavy atom. The molecule has 0 aliphatic heterocycles. The van der Waals surface area contributed by atoms with Gasteiger partial charge in [0.1, 0.15) is 11.8 Å². The maximum absolute atomic E-state index is 12.6. The van der Waals surface area contributed by atoms with Crippen LogP contribution in [0.4, 0.5) is 13.2 Å². The standard InChI is InChI=1S/C18H16F3NO4/c1-10(17(25)26-2)22-16(24)14-9-12(5-8-15(14)23)11-3-6-13(7-4-11)18(19,20)21/h3-10,23H,1-2H3,(H,22,24). The molecule has 8 heteroatoms. The van der Waals surface area contributed by atoms with Gasteiger partial charge in [0, 0.05) is 0 Å². The molecule has 0 heterocycles. The second-order valence-corrected chi connectivity index (χ2v) is 5.53. The van der Waals surface area contributed by atoms with Crippen LogP contribution in [0.3, 0.4) is 0 Å². The Balaban J connectivity index is 2.29. The van der Waals surface area contributed by atoms with Crippen molar-refractivity contribution in [2.75, 3.05) is 7.11 Å². The number of carbonyl (C=O) groups is 2. The molecule has 0 aliphatic carbocycles. The van der Waals surface area contributed by atoms with Crippen molar-refractivity contribution >= 4 is 11.9 Å². The van der Waals surface area contributed by atoms with E-state index >= 15 is 0 Å². The largest absolute Gasteiger partial charge is 0.507 e. The number of esters is 1. The number of aromatic hydroxyl groups is 1. The lowest BCUT2D eigenvalue weighted by Crippen LogP contribution is -2.39. The van der Waals surface area contributed by atoms with Crippen LogP contribution in [-0.2, 0) is 15.7 Å². The molecule has 2 N–H and O–H groups in total. The van der Waals surface area contributed by atoms with Crippen molar-refractivity contribution in [2.45, 2.75) is 19.1 Å². The fourth-order valence-electron chi connectivity index (χ4n) is 2.26. The number of hydrogen-bond acceptors (Lipinski definition) is 4. The van der Waals surface area contributed by atoms with Gasteiger partial charge in [-0.2, -0.15) is 13.2 Å². The molecule has 26 heavy (non-hydrogen) atoms. The van der Waals surface area contributed by atoms with Gasteiger partial charge in [-0.05, 0) is 42.3 Å². The maximum Gasteiger partial charge on any atom is 0.416 e. The molecule has 0 saturated heterocycles. The number of ether oxygens (including phenoxy) is 1. The first-order valence-corrected chi connectivity index (χ1v) is 7.53. The van der Waals surface area contributed by atoms with Crippen molar-refractivity contribution in [1.82, 2.24) is 5.32 Å². The van der Waals surface area contributed by atoms with E-state index in [-0.39, 0.29) is 11.3 Å². The van der Waals surface area contributed by atoms with E-state index in [1.165, 1.54) is 44.4 Å². The summed E-state index contributed by atoms with van der Waals surface area (Å²) in [6.45, 7) is 1.42. The zero-order chi connectivity index (χ0) is 19.5. The first-order chi connectivity index (χ1) is 12.1. The SMILES string of the molecule is COC(=O)C(C)NC(=O)c1cc(-c2ccc(C(F)(F)F)cc2)ccc1O. The minimum Gasteiger partial charge on any atom is -0.507 e. The minimum absolute atomic E-state index is 0.113. The van der Waals surface area contributed by atoms with Crippen LogP contribution in [0, 0.1) is 0 Å². The predicted octanol–water partition coefficient (Wildman–Crippen LogP) is 3.37. The molecule has 1 unspecified atom stereocenters. The van der Waals surface area contributed by atoms with Crippen molar-refractivity contribution in [2.24, 2.45) is 0 Å². The molecule has 138 valence electrons. The Kier molecular flexibility index (Phi) is 5.54. The molecule has 0 aliphatic rings. The van der Waals surface area contributed by atoms with Crippen LogP contribution in [-0.4, -0.2) is 30.1 Å². The van der Waals surface area contributed by atoms with Crippen LogP contribution >= 0.6 is 0 Å². The molecule has 2 aromatic carbocycles. The molecular formula is C18H16F3NO4. The average molecular weight is 367 g/mol. The molecule has 0 bridgehead atoms. The highest BCUT2D eigenvalue weighted by atomic mass is 19.4. The third-order valence-corrected chi connectivity index (χ3v) is 3.69. The van der Waals surface area contributed by atoms with Gasteiger partial charge in [-0.3, -0.25) is 4.79 Å². The van der Waals surface area contributed by atoms with Gasteiger partial charge < -0.3 is 15.2 Å². The van der Waals surface area contributed by atoms with Crippen molar-refractivity contribution in [3.8, 4) is 16.9 Å². The topological polar surface area (TPSA) is 75.6 Å². The number of carbonyl (C=O) groups excluding carboxylic acids is 2. The quantitative estimate of drug-likeness (QED) is 0.813. The highest BCUT2D eigenvalue weighted by Gasteiger charge is 2.30. The lowest BCUT2D eigenvalue weighted by atomic mass is 10.0. The zero-order valence-electron chi connectivity index (χ0n) is 13.9. The van der Waals surface area contributed by atoms with Crippen molar-refractivity contribution in [3.05, 3.63) is 53.6 Å². The van der Waals surface area contributed by atoms with Gasteiger partial charge in [0.25, 0.3) is 5.91 Å². The number of benzene rings is 2. The molecule has 0 aromatic heterocycles. The van der Waals surface area contributed by atoms with E-state index in [0.717, 1.165) is 12.1 Å². The number of methoxy groups -OCH3 is 1. The number of halogens is 3. The lowest BCUT2D eigenvalue weighted by molar-refractivity contribution is -0.142. The summed E-state index contributed by atoms with van der Waals surface area (Å²) >= 11 is 0. The molecule has 1 atom stereocenters. The van der Waals surface area contributed by atoms with Gasteiger partial charge in [-0.25, -0.2) is 4.79 Å². The smallest absolute Gasteiger partial charge is 0.416 e. The summed E-state index contributed by atoms with van der Waals surface area (Å²) in [5.41, 5.74) is -0.0245. The molecular weight excluding hydrogens is 351 g/mol. The van der Waals surface area contributed by atoms with Gasteiger partial charge in [0.05, 0.1) is 18.2 Å². The molecule has 0 fully saturated rings. The van der Waals surface area contributed by atoms with Crippen molar-refractivity contribution in [1.29, 1.82) is 0 Å². The van der Waals surface area contributed by atoms with Crippen molar-refractivity contribution in [3.63, 3.8) is 0 Å². The number of amides is 1. The highest BCUT2D eigenvalue weighted by Crippen LogP contribution is 2.32. The molecule has 0 spiro atoms. The zero-order valence-corrected chi connectivity index (χ0v) is 13.9. The number of nitrogens with one attached hydrogen (secondary N) is 1. The monoisotopic (exact) mass is 367 g/mol.